The number of hydrogen-bond donors (Lipinski definition) is 1. The third-order valence-electron chi connectivity index (χ3n) is 2.93. The monoisotopic (exact) mass is 274 g/mol. The Hall–Kier alpha value is -2.02. The van der Waals surface area contributed by atoms with E-state index in [1.165, 1.54) is 0 Å². The SMILES string of the molecule is Cn1ncc2c(NC(C)(C)c3nccs3)ncnc21. The van der Waals surface area contributed by atoms with E-state index in [-0.39, 0.29) is 5.54 Å². The molecule has 6 nitrogen and oxygen atoms in total. The highest BCUT2D eigenvalue weighted by Crippen LogP contribution is 2.28. The highest BCUT2D eigenvalue weighted by atomic mass is 32.1. The molecule has 0 atom stereocenters. The van der Waals surface area contributed by atoms with Gasteiger partial charge in [0.1, 0.15) is 17.2 Å². The second-order valence-corrected chi connectivity index (χ2v) is 5.71. The molecule has 0 aromatic carbocycles. The molecule has 3 aromatic rings. The Balaban J connectivity index is 2.02. The van der Waals surface area contributed by atoms with Crippen molar-refractivity contribution in [1.29, 1.82) is 0 Å². The predicted octanol–water partition coefficient (Wildman–Crippen LogP) is 2.17. The molecular formula is C12H14N6S. The lowest BCUT2D eigenvalue weighted by atomic mass is 10.1. The fourth-order valence-electron chi connectivity index (χ4n) is 1.94. The van der Waals surface area contributed by atoms with Crippen LogP contribution < -0.4 is 5.32 Å². The Morgan fingerprint density at radius 2 is 2.11 bits per heavy atom. The lowest BCUT2D eigenvalue weighted by molar-refractivity contribution is 0.602. The van der Waals surface area contributed by atoms with E-state index in [9.17, 15) is 0 Å². The van der Waals surface area contributed by atoms with Crippen LogP contribution in [0.5, 0.6) is 0 Å². The van der Waals surface area contributed by atoms with Crippen LogP contribution in [0.2, 0.25) is 0 Å². The quantitative estimate of drug-likeness (QED) is 0.792. The third-order valence-corrected chi connectivity index (χ3v) is 4.02. The molecule has 0 aliphatic rings. The lowest BCUT2D eigenvalue weighted by Gasteiger charge is -2.24. The van der Waals surface area contributed by atoms with Crippen molar-refractivity contribution in [1.82, 2.24) is 24.7 Å². The van der Waals surface area contributed by atoms with E-state index in [0.29, 0.717) is 0 Å². The van der Waals surface area contributed by atoms with Gasteiger partial charge >= 0.3 is 0 Å². The zero-order valence-electron chi connectivity index (χ0n) is 11.0. The fourth-order valence-corrected chi connectivity index (χ4v) is 2.66. The molecule has 1 N–H and O–H groups in total. The van der Waals surface area contributed by atoms with Crippen LogP contribution in [0.3, 0.4) is 0 Å². The summed E-state index contributed by atoms with van der Waals surface area (Å²) < 4.78 is 1.73. The van der Waals surface area contributed by atoms with Crippen molar-refractivity contribution in [2.75, 3.05) is 5.32 Å². The first-order valence-electron chi connectivity index (χ1n) is 5.89. The molecule has 0 radical (unpaired) electrons. The van der Waals surface area contributed by atoms with Crippen molar-refractivity contribution >= 4 is 28.2 Å². The maximum absolute atomic E-state index is 4.36. The van der Waals surface area contributed by atoms with Gasteiger partial charge in [0.05, 0.1) is 17.1 Å². The number of thiazole rings is 1. The van der Waals surface area contributed by atoms with Crippen molar-refractivity contribution in [3.05, 3.63) is 29.1 Å². The Labute approximate surface area is 114 Å². The Kier molecular flexibility index (Phi) is 2.70. The van der Waals surface area contributed by atoms with E-state index in [4.69, 9.17) is 0 Å². The number of nitrogens with one attached hydrogen (secondary N) is 1. The van der Waals surface area contributed by atoms with E-state index in [2.05, 4.69) is 39.2 Å². The van der Waals surface area contributed by atoms with Gasteiger partial charge in [-0.1, -0.05) is 0 Å². The van der Waals surface area contributed by atoms with Crippen LogP contribution in [0.1, 0.15) is 18.9 Å². The van der Waals surface area contributed by atoms with Crippen molar-refractivity contribution in [2.45, 2.75) is 19.4 Å². The number of fused-ring (bicyclic) bond motifs is 1. The summed E-state index contributed by atoms with van der Waals surface area (Å²) in [7, 11) is 1.87. The minimum Gasteiger partial charge on any atom is -0.358 e. The van der Waals surface area contributed by atoms with Gasteiger partial charge in [-0.3, -0.25) is 4.68 Å². The molecule has 7 heteroatoms. The van der Waals surface area contributed by atoms with Crippen LogP contribution in [-0.4, -0.2) is 24.7 Å². The van der Waals surface area contributed by atoms with E-state index in [0.717, 1.165) is 21.9 Å². The van der Waals surface area contributed by atoms with Crippen LogP contribution in [0.15, 0.2) is 24.1 Å². The van der Waals surface area contributed by atoms with E-state index < -0.39 is 0 Å². The van der Waals surface area contributed by atoms with Gasteiger partial charge in [-0.15, -0.1) is 11.3 Å². The third kappa shape index (κ3) is 2.06. The first-order valence-corrected chi connectivity index (χ1v) is 6.77. The van der Waals surface area contributed by atoms with Crippen molar-refractivity contribution in [3.63, 3.8) is 0 Å². The van der Waals surface area contributed by atoms with Crippen LogP contribution in [0.25, 0.3) is 11.0 Å². The topological polar surface area (TPSA) is 68.5 Å². The maximum Gasteiger partial charge on any atom is 0.163 e. The molecule has 0 amide bonds. The summed E-state index contributed by atoms with van der Waals surface area (Å²) in [6, 6.07) is 0. The Morgan fingerprint density at radius 3 is 2.84 bits per heavy atom. The lowest BCUT2D eigenvalue weighted by Crippen LogP contribution is -2.28. The second-order valence-electron chi connectivity index (χ2n) is 4.81. The van der Waals surface area contributed by atoms with E-state index in [1.54, 1.807) is 28.5 Å². The number of aromatic nitrogens is 5. The highest BCUT2D eigenvalue weighted by Gasteiger charge is 2.24. The molecule has 0 aliphatic carbocycles. The summed E-state index contributed by atoms with van der Waals surface area (Å²) >= 11 is 1.62. The normalized spacial score (nSPS) is 11.9. The molecular weight excluding hydrogens is 260 g/mol. The molecule has 0 saturated heterocycles. The maximum atomic E-state index is 4.36. The summed E-state index contributed by atoms with van der Waals surface area (Å²) in [5.41, 5.74) is 0.526. The Bertz CT molecular complexity index is 700. The van der Waals surface area contributed by atoms with Crippen molar-refractivity contribution < 1.29 is 0 Å². The predicted molar refractivity (Wildman–Crippen MR) is 75.1 cm³/mol. The molecule has 0 fully saturated rings. The van der Waals surface area contributed by atoms with Crippen LogP contribution in [0, 0.1) is 0 Å². The Morgan fingerprint density at radius 1 is 1.26 bits per heavy atom. The van der Waals surface area contributed by atoms with Gasteiger partial charge in [-0.2, -0.15) is 5.10 Å². The number of nitrogens with zero attached hydrogens (tertiary/aromatic N) is 5. The highest BCUT2D eigenvalue weighted by molar-refractivity contribution is 7.09. The molecule has 0 saturated carbocycles. The van der Waals surface area contributed by atoms with Crippen LogP contribution in [-0.2, 0) is 12.6 Å². The molecule has 0 spiro atoms. The molecule has 0 unspecified atom stereocenters. The van der Waals surface area contributed by atoms with E-state index >= 15 is 0 Å². The zero-order valence-corrected chi connectivity index (χ0v) is 11.8. The van der Waals surface area contributed by atoms with Gasteiger partial charge < -0.3 is 5.32 Å². The minimum absolute atomic E-state index is 0.286. The molecule has 0 aliphatic heterocycles. The zero-order chi connectivity index (χ0) is 13.5. The summed E-state index contributed by atoms with van der Waals surface area (Å²) in [5, 5.41) is 11.5. The first kappa shape index (κ1) is 12.0. The van der Waals surface area contributed by atoms with Crippen LogP contribution >= 0.6 is 11.3 Å². The molecule has 0 bridgehead atoms. The molecule has 3 rings (SSSR count). The second kappa shape index (κ2) is 4.27. The van der Waals surface area contributed by atoms with Crippen molar-refractivity contribution in [3.8, 4) is 0 Å². The van der Waals surface area contributed by atoms with Crippen LogP contribution in [0.4, 0.5) is 5.82 Å². The smallest absolute Gasteiger partial charge is 0.163 e. The standard InChI is InChI=1S/C12H14N6S/c1-12(2,11-13-4-5-19-11)17-9-8-6-16-18(3)10(8)15-7-14-9/h4-7H,1-3H3,(H,14,15,17). The fraction of sp³-hybridized carbons (Fsp3) is 0.333. The average molecular weight is 274 g/mol. The minimum atomic E-state index is -0.286. The van der Waals surface area contributed by atoms with Gasteiger partial charge in [-0.25, -0.2) is 15.0 Å². The molecule has 3 aromatic heterocycles. The van der Waals surface area contributed by atoms with Gasteiger partial charge in [0.2, 0.25) is 0 Å². The van der Waals surface area contributed by atoms with Gasteiger partial charge in [0.15, 0.2) is 5.65 Å². The number of aryl methyl sites for hydroxylation is 1. The van der Waals surface area contributed by atoms with Gasteiger partial charge in [0.25, 0.3) is 0 Å². The number of anilines is 1. The number of rotatable bonds is 3. The summed E-state index contributed by atoms with van der Waals surface area (Å²) in [6.45, 7) is 4.16. The first-order chi connectivity index (χ1) is 9.08. The van der Waals surface area contributed by atoms with Gasteiger partial charge in [0, 0.05) is 18.6 Å². The summed E-state index contributed by atoms with van der Waals surface area (Å²) in [6.07, 6.45) is 5.13. The summed E-state index contributed by atoms with van der Waals surface area (Å²) in [4.78, 5) is 12.9. The molecule has 98 valence electrons. The largest absolute Gasteiger partial charge is 0.358 e. The van der Waals surface area contributed by atoms with Crippen molar-refractivity contribution in [2.24, 2.45) is 7.05 Å². The number of hydrogen-bond acceptors (Lipinski definition) is 6. The van der Waals surface area contributed by atoms with Gasteiger partial charge in [-0.05, 0) is 13.8 Å². The molecule has 19 heavy (non-hydrogen) atoms. The average Bonchev–Trinajstić information content (AvgIpc) is 3.00. The summed E-state index contributed by atoms with van der Waals surface area (Å²) in [5.74, 6) is 0.776. The molecule has 3 heterocycles. The van der Waals surface area contributed by atoms with E-state index in [1.807, 2.05) is 18.6 Å².